The lowest BCUT2D eigenvalue weighted by atomic mass is 10.1. The molecule has 244 valence electrons. The third kappa shape index (κ3) is 9.70. The summed E-state index contributed by atoms with van der Waals surface area (Å²) >= 11 is 0. The number of hydrogen-bond acceptors (Lipinski definition) is 6. The molecule has 1 fully saturated rings. The van der Waals surface area contributed by atoms with E-state index in [4.69, 9.17) is 9.72 Å². The number of nitrogens with one attached hydrogen (secondary N) is 1. The van der Waals surface area contributed by atoms with Gasteiger partial charge in [-0.3, -0.25) is 4.79 Å². The van der Waals surface area contributed by atoms with Gasteiger partial charge < -0.3 is 29.3 Å². The number of aromatic nitrogens is 2. The molecule has 1 N–H and O–H groups in total. The van der Waals surface area contributed by atoms with Crippen LogP contribution in [0.15, 0.2) is 42.5 Å². The van der Waals surface area contributed by atoms with E-state index in [1.807, 2.05) is 12.1 Å². The number of unbranched alkanes of at least 4 members (excludes halogenated alkanes) is 1. The summed E-state index contributed by atoms with van der Waals surface area (Å²) in [6.45, 7) is 19.0. The summed E-state index contributed by atoms with van der Waals surface area (Å²) in [5, 5.41) is 3.60. The van der Waals surface area contributed by atoms with E-state index in [1.165, 1.54) is 18.5 Å². The average Bonchev–Trinajstić information content (AvgIpc) is 3.36. The topological polar surface area (TPSA) is 65.9 Å². The molecule has 0 atom stereocenters. The highest BCUT2D eigenvalue weighted by atomic mass is 16.5. The van der Waals surface area contributed by atoms with Crippen molar-refractivity contribution >= 4 is 34.3 Å². The van der Waals surface area contributed by atoms with Gasteiger partial charge in [0.05, 0.1) is 24.2 Å². The molecule has 8 heteroatoms. The Hall–Kier alpha value is -3.10. The Kier molecular flexibility index (Phi) is 12.9. The van der Waals surface area contributed by atoms with Crippen LogP contribution in [0.5, 0.6) is 0 Å². The van der Waals surface area contributed by atoms with Gasteiger partial charge >= 0.3 is 0 Å². The zero-order valence-electron chi connectivity index (χ0n) is 28.1. The standard InChI is InChI=1S/C36H56N6O2.H2/c1-7-8-18-39(6)19-9-20-42-34-27-30(35(43)41(21-16-28(2)3)22-17-29(4)5)10-15-33(34)38-36(42)37-31-11-13-32(14-12-31)40-23-25-44-26-24-40;/h10-15,27-29H,7-9,16-26H2,1-6H3,(H,37,38);1H. The molecule has 0 bridgehead atoms. The lowest BCUT2D eigenvalue weighted by molar-refractivity contribution is 0.0741. The number of anilines is 3. The van der Waals surface area contributed by atoms with E-state index in [9.17, 15) is 4.79 Å². The van der Waals surface area contributed by atoms with Crippen molar-refractivity contribution in [2.24, 2.45) is 11.8 Å². The van der Waals surface area contributed by atoms with E-state index < -0.39 is 0 Å². The number of imidazole rings is 1. The fourth-order valence-corrected chi connectivity index (χ4v) is 5.65. The Morgan fingerprint density at radius 2 is 1.61 bits per heavy atom. The van der Waals surface area contributed by atoms with Crippen LogP contribution in [0.4, 0.5) is 17.3 Å². The van der Waals surface area contributed by atoms with E-state index >= 15 is 0 Å². The summed E-state index contributed by atoms with van der Waals surface area (Å²) in [6.07, 6.45) is 5.44. The molecule has 1 aliphatic rings. The molecule has 0 saturated carbocycles. The van der Waals surface area contributed by atoms with Crippen LogP contribution in [-0.2, 0) is 11.3 Å². The van der Waals surface area contributed by atoms with E-state index in [2.05, 4.69) is 96.6 Å². The quantitative estimate of drug-likeness (QED) is 0.171. The number of amides is 1. The summed E-state index contributed by atoms with van der Waals surface area (Å²) in [5.74, 6) is 2.05. The minimum atomic E-state index is 0. The van der Waals surface area contributed by atoms with E-state index in [0.717, 1.165) is 107 Å². The largest absolute Gasteiger partial charge is 0.378 e. The average molecular weight is 607 g/mol. The smallest absolute Gasteiger partial charge is 0.253 e. The van der Waals surface area contributed by atoms with Gasteiger partial charge in [0, 0.05) is 51.1 Å². The number of morpholine rings is 1. The van der Waals surface area contributed by atoms with E-state index in [0.29, 0.717) is 11.8 Å². The Labute approximate surface area is 267 Å². The van der Waals surface area contributed by atoms with Gasteiger partial charge in [0.25, 0.3) is 5.91 Å². The SMILES string of the molecule is CCCCN(C)CCCn1c(Nc2ccc(N3CCOCC3)cc2)nc2ccc(C(=O)N(CCC(C)C)CCC(C)C)cc21.[HH]. The van der Waals surface area contributed by atoms with Crippen molar-refractivity contribution in [1.82, 2.24) is 19.4 Å². The second kappa shape index (κ2) is 16.8. The predicted molar refractivity (Wildman–Crippen MR) is 186 cm³/mol. The van der Waals surface area contributed by atoms with Crippen LogP contribution in [0.3, 0.4) is 0 Å². The van der Waals surface area contributed by atoms with Gasteiger partial charge in [-0.25, -0.2) is 4.98 Å². The van der Waals surface area contributed by atoms with Crippen LogP contribution in [0.25, 0.3) is 11.0 Å². The number of carbonyl (C=O) groups excluding carboxylic acids is 1. The molecular formula is C36H58N6O2. The van der Waals surface area contributed by atoms with Crippen LogP contribution in [0.2, 0.25) is 0 Å². The third-order valence-corrected chi connectivity index (χ3v) is 8.55. The van der Waals surface area contributed by atoms with Crippen molar-refractivity contribution in [2.45, 2.75) is 73.3 Å². The Morgan fingerprint density at radius 1 is 0.955 bits per heavy atom. The summed E-state index contributed by atoms with van der Waals surface area (Å²) in [7, 11) is 2.20. The summed E-state index contributed by atoms with van der Waals surface area (Å²) in [4.78, 5) is 25.7. The first-order valence-electron chi connectivity index (χ1n) is 16.9. The van der Waals surface area contributed by atoms with Crippen molar-refractivity contribution in [3.63, 3.8) is 0 Å². The fourth-order valence-electron chi connectivity index (χ4n) is 5.65. The maximum absolute atomic E-state index is 13.9. The van der Waals surface area contributed by atoms with E-state index in [1.54, 1.807) is 0 Å². The summed E-state index contributed by atoms with van der Waals surface area (Å²) < 4.78 is 7.79. The van der Waals surface area contributed by atoms with Gasteiger partial charge in [0.1, 0.15) is 0 Å². The Bertz CT molecular complexity index is 1290. The number of rotatable bonds is 17. The summed E-state index contributed by atoms with van der Waals surface area (Å²) in [6, 6.07) is 14.6. The number of ether oxygens (including phenoxy) is 1. The molecule has 2 heterocycles. The molecule has 3 aromatic rings. The molecule has 4 rings (SSSR count). The Balaban J connectivity index is 0.00000552. The van der Waals surface area contributed by atoms with E-state index in [-0.39, 0.29) is 7.33 Å². The lowest BCUT2D eigenvalue weighted by Crippen LogP contribution is -2.36. The predicted octanol–water partition coefficient (Wildman–Crippen LogP) is 7.52. The maximum atomic E-state index is 13.9. The van der Waals surface area contributed by atoms with Gasteiger partial charge in [-0.05, 0) is 100 Å². The number of fused-ring (bicyclic) bond motifs is 1. The molecule has 0 spiro atoms. The number of carbonyl (C=O) groups is 1. The molecule has 8 nitrogen and oxygen atoms in total. The Morgan fingerprint density at radius 3 is 2.25 bits per heavy atom. The van der Waals surface area contributed by atoms with Crippen molar-refractivity contribution in [3.05, 3.63) is 48.0 Å². The number of aryl methyl sites for hydroxylation is 1. The second-order valence-electron chi connectivity index (χ2n) is 13.2. The van der Waals surface area contributed by atoms with Crippen LogP contribution in [-0.4, -0.2) is 84.8 Å². The monoisotopic (exact) mass is 606 g/mol. The fraction of sp³-hybridized carbons (Fsp3) is 0.611. The van der Waals surface area contributed by atoms with Gasteiger partial charge in [-0.2, -0.15) is 0 Å². The molecule has 1 amide bonds. The highest BCUT2D eigenvalue weighted by Crippen LogP contribution is 2.27. The normalized spacial score (nSPS) is 13.9. The molecule has 1 saturated heterocycles. The highest BCUT2D eigenvalue weighted by Gasteiger charge is 2.20. The van der Waals surface area contributed by atoms with Crippen molar-refractivity contribution in [2.75, 3.05) is 69.7 Å². The summed E-state index contributed by atoms with van der Waals surface area (Å²) in [5.41, 5.74) is 4.87. The number of hydrogen-bond donors (Lipinski definition) is 1. The maximum Gasteiger partial charge on any atom is 0.253 e. The third-order valence-electron chi connectivity index (χ3n) is 8.55. The van der Waals surface area contributed by atoms with Crippen LogP contribution in [0, 0.1) is 11.8 Å². The van der Waals surface area contributed by atoms with Gasteiger partial charge in [0.15, 0.2) is 0 Å². The van der Waals surface area contributed by atoms with Gasteiger partial charge in [-0.1, -0.05) is 41.0 Å². The highest BCUT2D eigenvalue weighted by molar-refractivity contribution is 5.98. The molecule has 1 aromatic heterocycles. The van der Waals surface area contributed by atoms with Crippen molar-refractivity contribution in [1.29, 1.82) is 0 Å². The number of benzene rings is 2. The molecular weight excluding hydrogens is 548 g/mol. The van der Waals surface area contributed by atoms with Crippen LogP contribution >= 0.6 is 0 Å². The van der Waals surface area contributed by atoms with Gasteiger partial charge in [-0.15, -0.1) is 0 Å². The minimum absolute atomic E-state index is 0. The van der Waals surface area contributed by atoms with Crippen LogP contribution < -0.4 is 10.2 Å². The first-order chi connectivity index (χ1) is 21.2. The molecule has 0 unspecified atom stereocenters. The zero-order chi connectivity index (χ0) is 31.5. The first kappa shape index (κ1) is 33.8. The van der Waals surface area contributed by atoms with Crippen molar-refractivity contribution < 1.29 is 11.0 Å². The minimum Gasteiger partial charge on any atom is -0.378 e. The molecule has 0 aliphatic carbocycles. The molecule has 44 heavy (non-hydrogen) atoms. The lowest BCUT2D eigenvalue weighted by Gasteiger charge is -2.28. The molecule has 1 aliphatic heterocycles. The molecule has 2 aromatic carbocycles. The second-order valence-corrected chi connectivity index (χ2v) is 13.2. The number of nitrogens with zero attached hydrogens (tertiary/aromatic N) is 5. The molecule has 0 radical (unpaired) electrons. The van der Waals surface area contributed by atoms with Crippen molar-refractivity contribution in [3.8, 4) is 0 Å². The van der Waals surface area contributed by atoms with Crippen LogP contribution in [0.1, 0.15) is 78.5 Å². The first-order valence-corrected chi connectivity index (χ1v) is 16.9. The van der Waals surface area contributed by atoms with Gasteiger partial charge in [0.2, 0.25) is 5.95 Å². The zero-order valence-corrected chi connectivity index (χ0v) is 28.1.